The topological polar surface area (TPSA) is 18.5 Å². The minimum absolute atomic E-state index is 0.432. The zero-order valence-corrected chi connectivity index (χ0v) is 21.8. The third kappa shape index (κ3) is 7.79. The molecule has 1 saturated heterocycles. The Morgan fingerprint density at radius 1 is 0.622 bits per heavy atom. The van der Waals surface area contributed by atoms with Crippen LogP contribution in [0.4, 0.5) is 5.69 Å². The van der Waals surface area contributed by atoms with Crippen molar-refractivity contribution in [2.75, 3.05) is 25.0 Å². The van der Waals surface area contributed by atoms with E-state index in [1.165, 1.54) is 35.2 Å². The van der Waals surface area contributed by atoms with Crippen molar-refractivity contribution >= 4 is 5.69 Å². The van der Waals surface area contributed by atoms with E-state index in [9.17, 15) is 0 Å². The number of likely N-dealkylation sites (tertiary alicyclic amines) is 1. The summed E-state index contributed by atoms with van der Waals surface area (Å²) in [4.78, 5) is 5.39. The number of hydrogen-bond acceptors (Lipinski definition) is 3. The zero-order chi connectivity index (χ0) is 25.1. The van der Waals surface area contributed by atoms with E-state index in [0.717, 1.165) is 39.1 Å². The maximum Gasteiger partial charge on any atom is 0.0342 e. The van der Waals surface area contributed by atoms with E-state index < -0.39 is 0 Å². The predicted molar refractivity (Wildman–Crippen MR) is 156 cm³/mol. The highest BCUT2D eigenvalue weighted by atomic mass is 15.2. The Kier molecular flexibility index (Phi) is 9.03. The first-order valence-corrected chi connectivity index (χ1v) is 13.7. The first-order valence-electron chi connectivity index (χ1n) is 13.7. The van der Waals surface area contributed by atoms with Gasteiger partial charge in [-0.1, -0.05) is 109 Å². The average Bonchev–Trinajstić information content (AvgIpc) is 2.96. The lowest BCUT2D eigenvalue weighted by Gasteiger charge is -2.39. The summed E-state index contributed by atoms with van der Waals surface area (Å²) in [6.45, 7) is 5.28. The van der Waals surface area contributed by atoms with Crippen LogP contribution in [0.15, 0.2) is 121 Å². The lowest BCUT2D eigenvalue weighted by molar-refractivity contribution is 0.110. The smallest absolute Gasteiger partial charge is 0.0342 e. The van der Waals surface area contributed by atoms with Gasteiger partial charge in [-0.2, -0.15) is 0 Å². The summed E-state index contributed by atoms with van der Waals surface area (Å²) >= 11 is 0. The van der Waals surface area contributed by atoms with Crippen LogP contribution in [0, 0.1) is 0 Å². The highest BCUT2D eigenvalue weighted by Crippen LogP contribution is 2.21. The number of nitrogens with zero attached hydrogens (tertiary/aromatic N) is 2. The fourth-order valence-electron chi connectivity index (χ4n) is 5.47. The van der Waals surface area contributed by atoms with Crippen LogP contribution in [0.5, 0.6) is 0 Å². The van der Waals surface area contributed by atoms with Gasteiger partial charge in [-0.25, -0.2) is 0 Å². The van der Waals surface area contributed by atoms with E-state index in [-0.39, 0.29) is 0 Å². The van der Waals surface area contributed by atoms with Crippen LogP contribution in [0.1, 0.15) is 29.5 Å². The Morgan fingerprint density at radius 3 is 1.59 bits per heavy atom. The molecule has 3 nitrogen and oxygen atoms in total. The van der Waals surface area contributed by atoms with Crippen molar-refractivity contribution in [3.63, 3.8) is 0 Å². The molecule has 1 heterocycles. The van der Waals surface area contributed by atoms with Crippen molar-refractivity contribution < 1.29 is 0 Å². The number of rotatable bonds is 11. The standard InChI is InChI=1S/C34H39N3/c1-5-13-29(14-6-1)25-34(28-36-23-21-33(22-24-36)35-32-19-11-4-12-20-32)37(26-30-15-7-2-8-16-30)27-31-17-9-3-10-18-31/h1-20,33-35H,21-28H2/t34-/m0/s1. The Balaban J connectivity index is 1.31. The van der Waals surface area contributed by atoms with Crippen LogP contribution in [0.25, 0.3) is 0 Å². The molecular formula is C34H39N3. The van der Waals surface area contributed by atoms with Gasteiger partial charge in [-0.05, 0) is 48.1 Å². The Bertz CT molecular complexity index is 1120. The molecule has 0 saturated carbocycles. The molecule has 1 aliphatic rings. The summed E-state index contributed by atoms with van der Waals surface area (Å²) in [5.41, 5.74) is 5.41. The van der Waals surface area contributed by atoms with Crippen molar-refractivity contribution in [2.45, 2.75) is 44.4 Å². The lowest BCUT2D eigenvalue weighted by Crippen LogP contribution is -2.48. The predicted octanol–water partition coefficient (Wildman–Crippen LogP) is 6.88. The summed E-state index contributed by atoms with van der Waals surface area (Å²) in [6.07, 6.45) is 3.43. The van der Waals surface area contributed by atoms with Crippen LogP contribution in [-0.4, -0.2) is 41.5 Å². The molecule has 0 unspecified atom stereocenters. The molecular weight excluding hydrogens is 450 g/mol. The summed E-state index contributed by atoms with van der Waals surface area (Å²) in [5.74, 6) is 0. The van der Waals surface area contributed by atoms with Crippen LogP contribution in [0.3, 0.4) is 0 Å². The molecule has 0 amide bonds. The molecule has 4 aromatic rings. The van der Waals surface area contributed by atoms with Gasteiger partial charge in [0.2, 0.25) is 0 Å². The summed E-state index contributed by atoms with van der Waals surface area (Å²) in [7, 11) is 0. The van der Waals surface area contributed by atoms with Crippen molar-refractivity contribution in [1.29, 1.82) is 0 Å². The number of para-hydroxylation sites is 1. The maximum atomic E-state index is 3.75. The largest absolute Gasteiger partial charge is 0.382 e. The highest BCUT2D eigenvalue weighted by Gasteiger charge is 2.26. The molecule has 5 rings (SSSR count). The Morgan fingerprint density at radius 2 is 1.08 bits per heavy atom. The van der Waals surface area contributed by atoms with Crippen LogP contribution < -0.4 is 5.32 Å². The van der Waals surface area contributed by atoms with E-state index in [4.69, 9.17) is 0 Å². The normalized spacial score (nSPS) is 15.5. The van der Waals surface area contributed by atoms with Gasteiger partial charge in [0.1, 0.15) is 0 Å². The van der Waals surface area contributed by atoms with Gasteiger partial charge in [0.15, 0.2) is 0 Å². The second-order valence-corrected chi connectivity index (χ2v) is 10.3. The molecule has 1 fully saturated rings. The molecule has 0 aromatic heterocycles. The third-order valence-corrected chi connectivity index (χ3v) is 7.49. The van der Waals surface area contributed by atoms with E-state index in [1.807, 2.05) is 0 Å². The number of hydrogen-bond donors (Lipinski definition) is 1. The Labute approximate surface area is 222 Å². The summed E-state index contributed by atoms with van der Waals surface area (Å²) < 4.78 is 0. The van der Waals surface area contributed by atoms with E-state index in [1.54, 1.807) is 0 Å². The van der Waals surface area contributed by atoms with E-state index >= 15 is 0 Å². The van der Waals surface area contributed by atoms with Gasteiger partial charge in [0.25, 0.3) is 0 Å². The molecule has 190 valence electrons. The first kappa shape index (κ1) is 25.3. The van der Waals surface area contributed by atoms with Gasteiger partial charge in [0, 0.05) is 50.5 Å². The minimum Gasteiger partial charge on any atom is -0.382 e. The van der Waals surface area contributed by atoms with Crippen LogP contribution in [-0.2, 0) is 19.5 Å². The summed E-state index contributed by atoms with van der Waals surface area (Å²) in [6, 6.07) is 44.6. The van der Waals surface area contributed by atoms with Gasteiger partial charge in [0.05, 0.1) is 0 Å². The quantitative estimate of drug-likeness (QED) is 0.248. The molecule has 0 aliphatic carbocycles. The SMILES string of the molecule is c1ccc(C[C@@H](CN2CCC(Nc3ccccc3)CC2)N(Cc2ccccc2)Cc2ccccc2)cc1. The molecule has 37 heavy (non-hydrogen) atoms. The van der Waals surface area contributed by atoms with Gasteiger partial charge in [-0.3, -0.25) is 4.90 Å². The number of nitrogens with one attached hydrogen (secondary N) is 1. The second kappa shape index (κ2) is 13.2. The summed E-state index contributed by atoms with van der Waals surface area (Å²) in [5, 5.41) is 3.75. The lowest BCUT2D eigenvalue weighted by atomic mass is 9.99. The Hall–Kier alpha value is -3.40. The highest BCUT2D eigenvalue weighted by molar-refractivity contribution is 5.43. The first-order chi connectivity index (χ1) is 18.3. The van der Waals surface area contributed by atoms with Crippen molar-refractivity contribution in [3.05, 3.63) is 138 Å². The van der Waals surface area contributed by atoms with Gasteiger partial charge < -0.3 is 10.2 Å². The van der Waals surface area contributed by atoms with Crippen LogP contribution in [0.2, 0.25) is 0 Å². The van der Waals surface area contributed by atoms with Gasteiger partial charge in [-0.15, -0.1) is 0 Å². The fraction of sp³-hybridized carbons (Fsp3) is 0.294. The molecule has 4 aromatic carbocycles. The number of piperidine rings is 1. The number of anilines is 1. The van der Waals surface area contributed by atoms with Gasteiger partial charge >= 0.3 is 0 Å². The molecule has 3 heteroatoms. The van der Waals surface area contributed by atoms with E-state index in [0.29, 0.717) is 12.1 Å². The van der Waals surface area contributed by atoms with Crippen LogP contribution >= 0.6 is 0 Å². The molecule has 0 bridgehead atoms. The molecule has 0 radical (unpaired) electrons. The molecule has 0 spiro atoms. The average molecular weight is 490 g/mol. The molecule has 1 N–H and O–H groups in total. The van der Waals surface area contributed by atoms with E-state index in [2.05, 4.69) is 136 Å². The monoisotopic (exact) mass is 489 g/mol. The second-order valence-electron chi connectivity index (χ2n) is 10.3. The molecule has 1 atom stereocenters. The zero-order valence-electron chi connectivity index (χ0n) is 21.8. The van der Waals surface area contributed by atoms with Crippen molar-refractivity contribution in [2.24, 2.45) is 0 Å². The number of benzene rings is 4. The fourth-order valence-corrected chi connectivity index (χ4v) is 5.47. The molecule has 1 aliphatic heterocycles. The van der Waals surface area contributed by atoms with Crippen molar-refractivity contribution in [3.8, 4) is 0 Å². The minimum atomic E-state index is 0.432. The maximum absolute atomic E-state index is 3.75. The van der Waals surface area contributed by atoms with Crippen molar-refractivity contribution in [1.82, 2.24) is 9.80 Å². The third-order valence-electron chi connectivity index (χ3n) is 7.49.